The Kier molecular flexibility index (Phi) is 7.50. The van der Waals surface area contributed by atoms with Gasteiger partial charge in [0, 0.05) is 13.1 Å². The Morgan fingerprint density at radius 3 is 2.33 bits per heavy atom. The van der Waals surface area contributed by atoms with Crippen LogP contribution >= 0.6 is 11.6 Å². The number of rotatable bonds is 7. The fourth-order valence-electron chi connectivity index (χ4n) is 2.98. The van der Waals surface area contributed by atoms with Crippen LogP contribution in [0.5, 0.6) is 0 Å². The van der Waals surface area contributed by atoms with E-state index in [-0.39, 0.29) is 21.5 Å². The van der Waals surface area contributed by atoms with Crippen molar-refractivity contribution in [1.29, 1.82) is 0 Å². The van der Waals surface area contributed by atoms with Gasteiger partial charge in [-0.2, -0.15) is 0 Å². The predicted octanol–water partition coefficient (Wildman–Crippen LogP) is 5.65. The summed E-state index contributed by atoms with van der Waals surface area (Å²) in [5, 5.41) is 0.279. The van der Waals surface area contributed by atoms with E-state index in [2.05, 4.69) is 4.72 Å². The van der Waals surface area contributed by atoms with E-state index in [0.717, 1.165) is 12.1 Å². The normalized spacial score (nSPS) is 12.5. The van der Waals surface area contributed by atoms with E-state index in [4.69, 9.17) is 11.6 Å². The summed E-state index contributed by atoms with van der Waals surface area (Å²) in [4.78, 5) is 13.9. The molecule has 1 amide bonds. The van der Waals surface area contributed by atoms with Crippen LogP contribution in [0.15, 0.2) is 77.7 Å². The number of likely N-dealkylation sites (N-methyl/N-ethyl adjacent to an activating group) is 1. The molecule has 1 unspecified atom stereocenters. The molecule has 0 spiro atoms. The maximum absolute atomic E-state index is 13.5. The molecule has 0 fully saturated rings. The molecule has 9 heteroatoms. The third-order valence-corrected chi connectivity index (χ3v) is 6.79. The number of nitrogens with zero attached hydrogens (tertiary/aromatic N) is 1. The molecule has 0 aromatic heterocycles. The minimum absolute atomic E-state index is 0.0370. The summed E-state index contributed by atoms with van der Waals surface area (Å²) in [6.45, 7) is 1.70. The summed E-state index contributed by atoms with van der Waals surface area (Å²) in [6.07, 6.45) is 2.86. The summed E-state index contributed by atoms with van der Waals surface area (Å²) in [7, 11) is -2.29. The van der Waals surface area contributed by atoms with Crippen LogP contribution in [-0.2, 0) is 14.8 Å². The highest BCUT2D eigenvalue weighted by atomic mass is 35.5. The van der Waals surface area contributed by atoms with Gasteiger partial charge in [0.2, 0.25) is 5.91 Å². The van der Waals surface area contributed by atoms with Crippen LogP contribution in [0.1, 0.15) is 24.1 Å². The monoisotopic (exact) mass is 490 g/mol. The zero-order chi connectivity index (χ0) is 24.2. The zero-order valence-electron chi connectivity index (χ0n) is 17.8. The summed E-state index contributed by atoms with van der Waals surface area (Å²) < 4.78 is 54.2. The van der Waals surface area contributed by atoms with Crippen LogP contribution in [0.3, 0.4) is 0 Å². The molecule has 3 rings (SSSR count). The first kappa shape index (κ1) is 24.4. The van der Waals surface area contributed by atoms with Crippen molar-refractivity contribution < 1.29 is 22.0 Å². The van der Waals surface area contributed by atoms with Crippen molar-refractivity contribution in [3.63, 3.8) is 0 Å². The summed E-state index contributed by atoms with van der Waals surface area (Å²) >= 11 is 6.01. The summed E-state index contributed by atoms with van der Waals surface area (Å²) in [5.41, 5.74) is 1.33. The topological polar surface area (TPSA) is 66.5 Å². The first-order valence-corrected chi connectivity index (χ1v) is 11.7. The van der Waals surface area contributed by atoms with Crippen LogP contribution in [0.2, 0.25) is 5.02 Å². The molecule has 3 aromatic carbocycles. The lowest BCUT2D eigenvalue weighted by Gasteiger charge is -2.24. The molecule has 1 N–H and O–H groups in total. The second kappa shape index (κ2) is 10.1. The van der Waals surface area contributed by atoms with Crippen LogP contribution in [0.4, 0.5) is 14.5 Å². The van der Waals surface area contributed by atoms with Crippen molar-refractivity contribution in [2.24, 2.45) is 0 Å². The number of hydrogen-bond acceptors (Lipinski definition) is 3. The SMILES string of the molecule is CC(c1ccc(F)c(F)c1)N(C)C(=O)/C=C/c1ccc(S(=O)(=O)Nc2ccccc2Cl)cc1. The number of halogens is 3. The van der Waals surface area contributed by atoms with E-state index in [1.165, 1.54) is 35.3 Å². The van der Waals surface area contributed by atoms with E-state index in [9.17, 15) is 22.0 Å². The van der Waals surface area contributed by atoms with E-state index in [0.29, 0.717) is 11.1 Å². The third-order valence-electron chi connectivity index (χ3n) is 5.08. The van der Waals surface area contributed by atoms with E-state index >= 15 is 0 Å². The lowest BCUT2D eigenvalue weighted by Crippen LogP contribution is -2.28. The smallest absolute Gasteiger partial charge is 0.261 e. The van der Waals surface area contributed by atoms with Crippen LogP contribution in [0, 0.1) is 11.6 Å². The molecule has 0 heterocycles. The fourth-order valence-corrected chi connectivity index (χ4v) is 4.30. The fraction of sp³-hybridized carbons (Fsp3) is 0.125. The van der Waals surface area contributed by atoms with Gasteiger partial charge < -0.3 is 4.90 Å². The number of sulfonamides is 1. The quantitative estimate of drug-likeness (QED) is 0.435. The number of carbonyl (C=O) groups is 1. The Hall–Kier alpha value is -3.23. The lowest BCUT2D eigenvalue weighted by molar-refractivity contribution is -0.126. The number of benzene rings is 3. The molecule has 0 aliphatic rings. The number of nitrogens with one attached hydrogen (secondary N) is 1. The molecule has 3 aromatic rings. The Morgan fingerprint density at radius 1 is 1.03 bits per heavy atom. The number of anilines is 1. The Labute approximate surface area is 196 Å². The first-order valence-electron chi connectivity index (χ1n) is 9.86. The minimum Gasteiger partial charge on any atom is -0.335 e. The van der Waals surface area contributed by atoms with E-state index in [1.807, 2.05) is 0 Å². The highest BCUT2D eigenvalue weighted by Crippen LogP contribution is 2.24. The van der Waals surface area contributed by atoms with Gasteiger partial charge in [0.25, 0.3) is 10.0 Å². The number of amides is 1. The van der Waals surface area contributed by atoms with Crippen LogP contribution in [-0.4, -0.2) is 26.3 Å². The van der Waals surface area contributed by atoms with Gasteiger partial charge in [0.15, 0.2) is 11.6 Å². The zero-order valence-corrected chi connectivity index (χ0v) is 19.4. The molecule has 1 atom stereocenters. The Bertz CT molecular complexity index is 1300. The first-order chi connectivity index (χ1) is 15.6. The van der Waals surface area contributed by atoms with Crippen molar-refractivity contribution in [1.82, 2.24) is 4.90 Å². The second-order valence-corrected chi connectivity index (χ2v) is 9.38. The third kappa shape index (κ3) is 5.97. The number of para-hydroxylation sites is 1. The van der Waals surface area contributed by atoms with Crippen LogP contribution < -0.4 is 4.72 Å². The summed E-state index contributed by atoms with van der Waals surface area (Å²) in [6, 6.07) is 15.5. The Morgan fingerprint density at radius 2 is 1.70 bits per heavy atom. The van der Waals surface area contributed by atoms with Crippen molar-refractivity contribution in [3.05, 3.63) is 101 Å². The molecule has 0 radical (unpaired) electrons. The predicted molar refractivity (Wildman–Crippen MR) is 125 cm³/mol. The lowest BCUT2D eigenvalue weighted by atomic mass is 10.1. The highest BCUT2D eigenvalue weighted by molar-refractivity contribution is 7.92. The van der Waals surface area contributed by atoms with Gasteiger partial charge in [-0.3, -0.25) is 9.52 Å². The largest absolute Gasteiger partial charge is 0.335 e. The molecule has 0 aliphatic carbocycles. The average molecular weight is 491 g/mol. The average Bonchev–Trinajstić information content (AvgIpc) is 2.80. The van der Waals surface area contributed by atoms with Crippen molar-refractivity contribution >= 4 is 39.3 Å². The minimum atomic E-state index is -3.84. The molecule has 5 nitrogen and oxygen atoms in total. The van der Waals surface area contributed by atoms with Gasteiger partial charge in [-0.25, -0.2) is 17.2 Å². The van der Waals surface area contributed by atoms with Crippen molar-refractivity contribution in [3.8, 4) is 0 Å². The van der Waals surface area contributed by atoms with Gasteiger partial charge >= 0.3 is 0 Å². The van der Waals surface area contributed by atoms with Crippen molar-refractivity contribution in [2.45, 2.75) is 17.9 Å². The van der Waals surface area contributed by atoms with Gasteiger partial charge in [0.05, 0.1) is 21.6 Å². The van der Waals surface area contributed by atoms with Gasteiger partial charge in [0.1, 0.15) is 0 Å². The highest BCUT2D eigenvalue weighted by Gasteiger charge is 2.18. The maximum atomic E-state index is 13.5. The van der Waals surface area contributed by atoms with E-state index in [1.54, 1.807) is 50.4 Å². The second-order valence-electron chi connectivity index (χ2n) is 7.29. The summed E-state index contributed by atoms with van der Waals surface area (Å²) in [5.74, 6) is -2.29. The van der Waals surface area contributed by atoms with Crippen molar-refractivity contribution in [2.75, 3.05) is 11.8 Å². The molecular formula is C24H21ClF2N2O3S. The van der Waals surface area contributed by atoms with Gasteiger partial charge in [-0.1, -0.05) is 41.9 Å². The molecule has 33 heavy (non-hydrogen) atoms. The Balaban J connectivity index is 1.68. The molecule has 0 bridgehead atoms. The number of carbonyl (C=O) groups excluding carboxylic acids is 1. The number of hydrogen-bond donors (Lipinski definition) is 1. The van der Waals surface area contributed by atoms with Gasteiger partial charge in [-0.05, 0) is 60.5 Å². The maximum Gasteiger partial charge on any atom is 0.261 e. The molecule has 0 aliphatic heterocycles. The molecule has 172 valence electrons. The van der Waals surface area contributed by atoms with Crippen LogP contribution in [0.25, 0.3) is 6.08 Å². The van der Waals surface area contributed by atoms with Gasteiger partial charge in [-0.15, -0.1) is 0 Å². The molecule has 0 saturated carbocycles. The standard InChI is InChI=1S/C24H21ClF2N2O3S/c1-16(18-10-13-21(26)22(27)15-18)29(2)24(30)14-9-17-7-11-19(12-8-17)33(31,32)28-23-6-4-3-5-20(23)25/h3-16,28H,1-2H3/b14-9+. The van der Waals surface area contributed by atoms with E-state index < -0.39 is 27.7 Å². The molecular weight excluding hydrogens is 470 g/mol. The molecule has 0 saturated heterocycles.